The predicted molar refractivity (Wildman–Crippen MR) is 99.1 cm³/mol. The van der Waals surface area contributed by atoms with Crippen LogP contribution in [0.5, 0.6) is 0 Å². The Bertz CT molecular complexity index is 1020. The molecule has 2 heterocycles. The number of carbonyl (C=O) groups excluding carboxylic acids is 1. The summed E-state index contributed by atoms with van der Waals surface area (Å²) in [6.07, 6.45) is 5.11. The molecule has 1 aromatic carbocycles. The van der Waals surface area contributed by atoms with Crippen LogP contribution in [0.3, 0.4) is 0 Å². The number of nitrogens with one attached hydrogen (secondary N) is 2. The fourth-order valence-electron chi connectivity index (χ4n) is 2.69. The molecule has 0 radical (unpaired) electrons. The summed E-state index contributed by atoms with van der Waals surface area (Å²) in [4.78, 5) is 35.1. The number of aromatic carboxylic acids is 1. The maximum absolute atomic E-state index is 11.8. The van der Waals surface area contributed by atoms with Crippen LogP contribution >= 0.6 is 0 Å². The van der Waals surface area contributed by atoms with Crippen molar-refractivity contribution < 1.29 is 14.7 Å². The van der Waals surface area contributed by atoms with Crippen molar-refractivity contribution in [3.8, 4) is 11.3 Å². The number of fused-ring (bicyclic) bond motifs is 1. The quantitative estimate of drug-likeness (QED) is 0.611. The van der Waals surface area contributed by atoms with Gasteiger partial charge in [0.25, 0.3) is 0 Å². The molecule has 3 rings (SSSR count). The molecule has 0 bridgehead atoms. The molecule has 0 saturated carbocycles. The van der Waals surface area contributed by atoms with E-state index >= 15 is 0 Å². The first-order valence-electron chi connectivity index (χ1n) is 8.19. The summed E-state index contributed by atoms with van der Waals surface area (Å²) in [7, 11) is 0. The van der Waals surface area contributed by atoms with Crippen LogP contribution in [0, 0.1) is 0 Å². The van der Waals surface area contributed by atoms with Gasteiger partial charge >= 0.3 is 5.97 Å². The average molecular weight is 350 g/mol. The molecule has 2 aromatic heterocycles. The van der Waals surface area contributed by atoms with Crippen molar-refractivity contribution in [1.29, 1.82) is 0 Å². The van der Waals surface area contributed by atoms with Crippen molar-refractivity contribution in [2.75, 3.05) is 5.32 Å². The molecule has 1 amide bonds. The minimum atomic E-state index is -1.05. The molecular weight excluding hydrogens is 332 g/mol. The SMILES string of the molecule is C/C=C\C(=O)Nc1cccc(-c2nc(CC)nc3[nH]cc(C(=O)O)c23)c1. The van der Waals surface area contributed by atoms with Crippen molar-refractivity contribution in [1.82, 2.24) is 15.0 Å². The summed E-state index contributed by atoms with van der Waals surface area (Å²) in [6, 6.07) is 7.14. The molecule has 0 saturated heterocycles. The van der Waals surface area contributed by atoms with Crippen LogP contribution in [0.15, 0.2) is 42.6 Å². The minimum Gasteiger partial charge on any atom is -0.478 e. The molecule has 0 spiro atoms. The van der Waals surface area contributed by atoms with Crippen LogP contribution < -0.4 is 5.32 Å². The Labute approximate surface area is 149 Å². The number of allylic oxidation sites excluding steroid dienone is 1. The van der Waals surface area contributed by atoms with Crippen LogP contribution in [-0.4, -0.2) is 31.9 Å². The summed E-state index contributed by atoms with van der Waals surface area (Å²) in [5.41, 5.74) is 2.41. The van der Waals surface area contributed by atoms with Gasteiger partial charge < -0.3 is 15.4 Å². The van der Waals surface area contributed by atoms with Crippen molar-refractivity contribution in [2.24, 2.45) is 0 Å². The number of rotatable bonds is 5. The number of H-pyrrole nitrogens is 1. The van der Waals surface area contributed by atoms with Crippen LogP contribution in [0.1, 0.15) is 30.0 Å². The van der Waals surface area contributed by atoms with Crippen LogP contribution in [0.4, 0.5) is 5.69 Å². The predicted octanol–water partition coefficient (Wildman–Crippen LogP) is 3.40. The molecule has 7 nitrogen and oxygen atoms in total. The summed E-state index contributed by atoms with van der Waals surface area (Å²) in [6.45, 7) is 3.69. The lowest BCUT2D eigenvalue weighted by atomic mass is 10.1. The zero-order chi connectivity index (χ0) is 18.7. The molecule has 3 aromatic rings. The number of benzene rings is 1. The fourth-order valence-corrected chi connectivity index (χ4v) is 2.69. The number of hydrogen-bond donors (Lipinski definition) is 3. The van der Waals surface area contributed by atoms with E-state index in [9.17, 15) is 14.7 Å². The van der Waals surface area contributed by atoms with Crippen molar-refractivity contribution >= 4 is 28.6 Å². The van der Waals surface area contributed by atoms with E-state index in [2.05, 4.69) is 20.3 Å². The number of aryl methyl sites for hydroxylation is 1. The number of aromatic nitrogens is 3. The van der Waals surface area contributed by atoms with Gasteiger partial charge in [-0.25, -0.2) is 14.8 Å². The van der Waals surface area contributed by atoms with Crippen molar-refractivity contribution in [3.05, 3.63) is 54.0 Å². The zero-order valence-electron chi connectivity index (χ0n) is 14.4. The molecule has 7 heteroatoms. The minimum absolute atomic E-state index is 0.112. The van der Waals surface area contributed by atoms with Gasteiger partial charge in [0.1, 0.15) is 11.5 Å². The van der Waals surface area contributed by atoms with Gasteiger partial charge in [-0.05, 0) is 25.1 Å². The maximum atomic E-state index is 11.8. The van der Waals surface area contributed by atoms with E-state index in [-0.39, 0.29) is 11.5 Å². The molecule has 0 atom stereocenters. The maximum Gasteiger partial charge on any atom is 0.338 e. The molecule has 26 heavy (non-hydrogen) atoms. The number of amides is 1. The Morgan fingerprint density at radius 3 is 2.81 bits per heavy atom. The Balaban J connectivity index is 2.16. The van der Waals surface area contributed by atoms with E-state index in [4.69, 9.17) is 0 Å². The van der Waals surface area contributed by atoms with E-state index in [1.165, 1.54) is 12.3 Å². The highest BCUT2D eigenvalue weighted by molar-refractivity contribution is 6.08. The second kappa shape index (κ2) is 7.18. The standard InChI is InChI=1S/C19H18N4O3/c1-3-6-15(24)21-12-8-5-7-11(9-12)17-16-13(19(25)26)10-20-18(16)23-14(4-2)22-17/h3,5-10H,4H2,1-2H3,(H,21,24)(H,25,26)(H,20,22,23)/b6-3-. The number of carboxylic acids is 1. The number of aromatic amines is 1. The lowest BCUT2D eigenvalue weighted by Crippen LogP contribution is -2.07. The van der Waals surface area contributed by atoms with E-state index in [0.29, 0.717) is 40.2 Å². The van der Waals surface area contributed by atoms with Crippen molar-refractivity contribution in [3.63, 3.8) is 0 Å². The Kier molecular flexibility index (Phi) is 4.79. The number of carboxylic acid groups (broad SMARTS) is 1. The van der Waals surface area contributed by atoms with Gasteiger partial charge in [-0.15, -0.1) is 0 Å². The van der Waals surface area contributed by atoms with Gasteiger partial charge in [0, 0.05) is 23.9 Å². The molecule has 0 aliphatic rings. The third-order valence-electron chi connectivity index (χ3n) is 3.85. The lowest BCUT2D eigenvalue weighted by Gasteiger charge is -2.09. The van der Waals surface area contributed by atoms with Gasteiger partial charge in [-0.2, -0.15) is 0 Å². The molecule has 0 fully saturated rings. The highest BCUT2D eigenvalue weighted by atomic mass is 16.4. The first kappa shape index (κ1) is 17.3. The highest BCUT2D eigenvalue weighted by Gasteiger charge is 2.19. The number of nitrogens with zero attached hydrogens (tertiary/aromatic N) is 2. The normalized spacial score (nSPS) is 11.2. The summed E-state index contributed by atoms with van der Waals surface area (Å²) in [5, 5.41) is 12.7. The second-order valence-corrected chi connectivity index (χ2v) is 5.64. The van der Waals surface area contributed by atoms with Gasteiger partial charge in [-0.1, -0.05) is 25.1 Å². The van der Waals surface area contributed by atoms with Gasteiger partial charge in [0.15, 0.2) is 0 Å². The summed E-state index contributed by atoms with van der Waals surface area (Å²) >= 11 is 0. The Hall–Kier alpha value is -3.48. The van der Waals surface area contributed by atoms with E-state index in [1.54, 1.807) is 31.2 Å². The van der Waals surface area contributed by atoms with Gasteiger partial charge in [0.2, 0.25) is 5.91 Å². The zero-order valence-corrected chi connectivity index (χ0v) is 14.4. The molecule has 0 unspecified atom stereocenters. The second-order valence-electron chi connectivity index (χ2n) is 5.64. The van der Waals surface area contributed by atoms with E-state index < -0.39 is 5.97 Å². The van der Waals surface area contributed by atoms with Gasteiger partial charge in [-0.3, -0.25) is 4.79 Å². The van der Waals surface area contributed by atoms with Crippen molar-refractivity contribution in [2.45, 2.75) is 20.3 Å². The Morgan fingerprint density at radius 1 is 1.31 bits per heavy atom. The number of anilines is 1. The molecular formula is C19H18N4O3. The van der Waals surface area contributed by atoms with Crippen LogP contribution in [-0.2, 0) is 11.2 Å². The monoisotopic (exact) mass is 350 g/mol. The third-order valence-corrected chi connectivity index (χ3v) is 3.85. The molecule has 3 N–H and O–H groups in total. The van der Waals surface area contributed by atoms with Gasteiger partial charge in [0.05, 0.1) is 16.6 Å². The molecule has 0 aliphatic carbocycles. The smallest absolute Gasteiger partial charge is 0.338 e. The number of hydrogen-bond acceptors (Lipinski definition) is 4. The highest BCUT2D eigenvalue weighted by Crippen LogP contribution is 2.30. The number of carbonyl (C=O) groups is 2. The largest absolute Gasteiger partial charge is 0.478 e. The first-order chi connectivity index (χ1) is 12.5. The molecule has 0 aliphatic heterocycles. The average Bonchev–Trinajstić information content (AvgIpc) is 3.05. The topological polar surface area (TPSA) is 108 Å². The van der Waals surface area contributed by atoms with E-state index in [0.717, 1.165) is 0 Å². The summed E-state index contributed by atoms with van der Waals surface area (Å²) in [5.74, 6) is -0.683. The third kappa shape index (κ3) is 3.32. The Morgan fingerprint density at radius 2 is 2.12 bits per heavy atom. The van der Waals surface area contributed by atoms with E-state index in [1.807, 2.05) is 13.0 Å². The molecule has 132 valence electrons. The fraction of sp³-hybridized carbons (Fsp3) is 0.158. The first-order valence-corrected chi connectivity index (χ1v) is 8.19. The van der Waals surface area contributed by atoms with Crippen LogP contribution in [0.2, 0.25) is 0 Å². The lowest BCUT2D eigenvalue weighted by molar-refractivity contribution is -0.111. The summed E-state index contributed by atoms with van der Waals surface area (Å²) < 4.78 is 0. The van der Waals surface area contributed by atoms with Crippen LogP contribution in [0.25, 0.3) is 22.3 Å².